The molecular formula is C10H20N2OS. The van der Waals surface area contributed by atoms with Crippen molar-refractivity contribution < 1.29 is 4.79 Å². The summed E-state index contributed by atoms with van der Waals surface area (Å²) in [5.41, 5.74) is 5.40. The third-order valence-corrected chi connectivity index (χ3v) is 2.75. The SMILES string of the molecule is CCC(NC(=O)C(C)C(N)=S)C(C)C. The van der Waals surface area contributed by atoms with Crippen LogP contribution in [0.5, 0.6) is 0 Å². The monoisotopic (exact) mass is 216 g/mol. The molecule has 0 saturated heterocycles. The fourth-order valence-corrected chi connectivity index (χ4v) is 1.28. The molecule has 0 heterocycles. The zero-order chi connectivity index (χ0) is 11.3. The Hall–Kier alpha value is -0.640. The Bertz CT molecular complexity index is 216. The van der Waals surface area contributed by atoms with Gasteiger partial charge in [-0.25, -0.2) is 0 Å². The van der Waals surface area contributed by atoms with Gasteiger partial charge in [0.25, 0.3) is 0 Å². The van der Waals surface area contributed by atoms with Gasteiger partial charge in [-0.1, -0.05) is 33.0 Å². The Morgan fingerprint density at radius 2 is 1.93 bits per heavy atom. The van der Waals surface area contributed by atoms with E-state index in [1.807, 2.05) is 0 Å². The number of carbonyl (C=O) groups is 1. The van der Waals surface area contributed by atoms with Crippen LogP contribution in [0.1, 0.15) is 34.1 Å². The fraction of sp³-hybridized carbons (Fsp3) is 0.800. The smallest absolute Gasteiger partial charge is 0.229 e. The molecule has 0 radical (unpaired) electrons. The zero-order valence-corrected chi connectivity index (χ0v) is 10.1. The number of rotatable bonds is 5. The highest BCUT2D eigenvalue weighted by Gasteiger charge is 2.20. The minimum absolute atomic E-state index is 0.0713. The van der Waals surface area contributed by atoms with Crippen LogP contribution in [0.25, 0.3) is 0 Å². The van der Waals surface area contributed by atoms with Gasteiger partial charge in [-0.05, 0) is 19.3 Å². The van der Waals surface area contributed by atoms with Gasteiger partial charge in [0, 0.05) is 6.04 Å². The average molecular weight is 216 g/mol. The zero-order valence-electron chi connectivity index (χ0n) is 9.33. The Kier molecular flexibility index (Phi) is 5.69. The molecule has 0 aliphatic rings. The van der Waals surface area contributed by atoms with Gasteiger partial charge in [-0.3, -0.25) is 4.79 Å². The van der Waals surface area contributed by atoms with E-state index in [0.717, 1.165) is 6.42 Å². The Morgan fingerprint density at radius 3 is 2.21 bits per heavy atom. The molecule has 0 rings (SSSR count). The number of nitrogens with one attached hydrogen (secondary N) is 1. The van der Waals surface area contributed by atoms with E-state index < -0.39 is 0 Å². The van der Waals surface area contributed by atoms with Gasteiger partial charge in [0.2, 0.25) is 5.91 Å². The molecule has 4 heteroatoms. The summed E-state index contributed by atoms with van der Waals surface area (Å²) >= 11 is 4.77. The quantitative estimate of drug-likeness (QED) is 0.684. The van der Waals surface area contributed by atoms with Crippen molar-refractivity contribution in [3.63, 3.8) is 0 Å². The Morgan fingerprint density at radius 1 is 1.43 bits per heavy atom. The van der Waals surface area contributed by atoms with Crippen LogP contribution < -0.4 is 11.1 Å². The molecule has 0 spiro atoms. The molecule has 0 fully saturated rings. The largest absolute Gasteiger partial charge is 0.393 e. The molecule has 2 unspecified atom stereocenters. The summed E-state index contributed by atoms with van der Waals surface area (Å²) in [6.45, 7) is 7.95. The van der Waals surface area contributed by atoms with Gasteiger partial charge in [0.1, 0.15) is 0 Å². The number of carbonyl (C=O) groups excluding carboxylic acids is 1. The summed E-state index contributed by atoms with van der Waals surface area (Å²) in [4.78, 5) is 11.8. The second-order valence-corrected chi connectivity index (χ2v) is 4.36. The lowest BCUT2D eigenvalue weighted by molar-refractivity contribution is -0.123. The van der Waals surface area contributed by atoms with Crippen LogP contribution in [-0.2, 0) is 4.79 Å². The average Bonchev–Trinajstić information content (AvgIpc) is 2.11. The minimum Gasteiger partial charge on any atom is -0.393 e. The maximum absolute atomic E-state index is 11.6. The third kappa shape index (κ3) is 4.05. The number of hydrogen-bond acceptors (Lipinski definition) is 2. The minimum atomic E-state index is -0.377. The van der Waals surface area contributed by atoms with Gasteiger partial charge in [0.15, 0.2) is 0 Å². The second-order valence-electron chi connectivity index (χ2n) is 3.89. The number of amides is 1. The summed E-state index contributed by atoms with van der Waals surface area (Å²) < 4.78 is 0. The number of thiocarbonyl (C=S) groups is 1. The van der Waals surface area contributed by atoms with Gasteiger partial charge < -0.3 is 11.1 Å². The summed E-state index contributed by atoms with van der Waals surface area (Å²) in [6.07, 6.45) is 0.924. The summed E-state index contributed by atoms with van der Waals surface area (Å²) in [7, 11) is 0. The predicted molar refractivity (Wildman–Crippen MR) is 63.0 cm³/mol. The maximum atomic E-state index is 11.6. The molecule has 2 atom stereocenters. The molecule has 0 saturated carbocycles. The topological polar surface area (TPSA) is 55.1 Å². The van der Waals surface area contributed by atoms with Crippen LogP contribution in [0.3, 0.4) is 0 Å². The molecule has 0 aromatic carbocycles. The molecule has 1 amide bonds. The second kappa shape index (κ2) is 5.96. The van der Waals surface area contributed by atoms with Crippen LogP contribution in [-0.4, -0.2) is 16.9 Å². The standard InChI is InChI=1S/C10H20N2OS/c1-5-8(6(2)3)12-10(13)7(4)9(11)14/h6-8H,5H2,1-4H3,(H2,11,14)(H,12,13). The van der Waals surface area contributed by atoms with Crippen molar-refractivity contribution in [1.82, 2.24) is 5.32 Å². The van der Waals surface area contributed by atoms with Crippen LogP contribution in [0.2, 0.25) is 0 Å². The van der Waals surface area contributed by atoms with Crippen LogP contribution >= 0.6 is 12.2 Å². The van der Waals surface area contributed by atoms with Crippen molar-refractivity contribution in [3.8, 4) is 0 Å². The highest BCUT2D eigenvalue weighted by atomic mass is 32.1. The first kappa shape index (κ1) is 13.4. The van der Waals surface area contributed by atoms with E-state index in [1.54, 1.807) is 6.92 Å². The predicted octanol–water partition coefficient (Wildman–Crippen LogP) is 1.46. The van der Waals surface area contributed by atoms with Crippen molar-refractivity contribution >= 4 is 23.1 Å². The normalized spacial score (nSPS) is 14.9. The van der Waals surface area contributed by atoms with E-state index in [4.69, 9.17) is 18.0 Å². The van der Waals surface area contributed by atoms with E-state index in [2.05, 4.69) is 26.1 Å². The molecule has 82 valence electrons. The Balaban J connectivity index is 4.22. The van der Waals surface area contributed by atoms with Gasteiger partial charge >= 0.3 is 0 Å². The molecule has 14 heavy (non-hydrogen) atoms. The lowest BCUT2D eigenvalue weighted by Gasteiger charge is -2.22. The number of hydrogen-bond donors (Lipinski definition) is 2. The van der Waals surface area contributed by atoms with Gasteiger partial charge in [0.05, 0.1) is 10.9 Å². The van der Waals surface area contributed by atoms with Crippen LogP contribution in [0.15, 0.2) is 0 Å². The first-order chi connectivity index (χ1) is 6.40. The van der Waals surface area contributed by atoms with E-state index in [0.29, 0.717) is 5.92 Å². The molecular weight excluding hydrogens is 196 g/mol. The molecule has 0 bridgehead atoms. The first-order valence-electron chi connectivity index (χ1n) is 4.99. The van der Waals surface area contributed by atoms with Gasteiger partial charge in [-0.2, -0.15) is 0 Å². The van der Waals surface area contributed by atoms with Gasteiger partial charge in [-0.15, -0.1) is 0 Å². The number of nitrogens with two attached hydrogens (primary N) is 1. The van der Waals surface area contributed by atoms with Crippen molar-refractivity contribution in [2.45, 2.75) is 40.2 Å². The molecule has 3 nitrogen and oxygen atoms in total. The van der Waals surface area contributed by atoms with Crippen LogP contribution in [0, 0.1) is 11.8 Å². The lowest BCUT2D eigenvalue weighted by atomic mass is 10.0. The third-order valence-electron chi connectivity index (χ3n) is 2.39. The highest BCUT2D eigenvalue weighted by Crippen LogP contribution is 2.07. The summed E-state index contributed by atoms with van der Waals surface area (Å²) in [6, 6.07) is 0.208. The molecule has 0 aliphatic heterocycles. The van der Waals surface area contributed by atoms with Crippen molar-refractivity contribution in [3.05, 3.63) is 0 Å². The molecule has 0 aromatic rings. The molecule has 0 aromatic heterocycles. The summed E-state index contributed by atoms with van der Waals surface area (Å²) in [5.74, 6) is -0.0154. The molecule has 3 N–H and O–H groups in total. The van der Waals surface area contributed by atoms with E-state index in [1.165, 1.54) is 0 Å². The molecule has 0 aliphatic carbocycles. The van der Waals surface area contributed by atoms with Crippen LogP contribution in [0.4, 0.5) is 0 Å². The van der Waals surface area contributed by atoms with Crippen molar-refractivity contribution in [1.29, 1.82) is 0 Å². The van der Waals surface area contributed by atoms with Crippen molar-refractivity contribution in [2.24, 2.45) is 17.6 Å². The Labute approximate surface area is 91.4 Å². The highest BCUT2D eigenvalue weighted by molar-refractivity contribution is 7.80. The van der Waals surface area contributed by atoms with E-state index in [-0.39, 0.29) is 22.9 Å². The van der Waals surface area contributed by atoms with E-state index in [9.17, 15) is 4.79 Å². The van der Waals surface area contributed by atoms with E-state index >= 15 is 0 Å². The first-order valence-corrected chi connectivity index (χ1v) is 5.40. The maximum Gasteiger partial charge on any atom is 0.229 e. The summed E-state index contributed by atoms with van der Waals surface area (Å²) in [5, 5.41) is 2.94. The van der Waals surface area contributed by atoms with Crippen molar-refractivity contribution in [2.75, 3.05) is 0 Å². The lowest BCUT2D eigenvalue weighted by Crippen LogP contribution is -2.43. The fourth-order valence-electron chi connectivity index (χ4n) is 1.18.